The maximum Gasteiger partial charge on any atom is 0.0641 e. The average molecular weight is 820 g/mol. The molecule has 3 heteroatoms. The summed E-state index contributed by atoms with van der Waals surface area (Å²) >= 11 is 0. The fourth-order valence-electron chi connectivity index (χ4n) is 9.25. The maximum absolute atomic E-state index is 2.48. The van der Waals surface area contributed by atoms with Gasteiger partial charge in [-0.2, -0.15) is 0 Å². The van der Waals surface area contributed by atoms with E-state index < -0.39 is 0 Å². The van der Waals surface area contributed by atoms with Crippen LogP contribution in [0.3, 0.4) is 0 Å². The molecule has 0 saturated heterocycles. The lowest BCUT2D eigenvalue weighted by molar-refractivity contribution is 1.17. The summed E-state index contributed by atoms with van der Waals surface area (Å²) in [6.07, 6.45) is 0. The second-order valence-corrected chi connectivity index (χ2v) is 16.2. The summed E-state index contributed by atoms with van der Waals surface area (Å²) in [5.41, 5.74) is 16.5. The number of hydrogen-bond donors (Lipinski definition) is 0. The van der Waals surface area contributed by atoms with E-state index in [-0.39, 0.29) is 0 Å². The highest BCUT2D eigenvalue weighted by atomic mass is 15.1. The van der Waals surface area contributed by atoms with E-state index in [0.717, 1.165) is 28.4 Å². The third kappa shape index (κ3) is 7.09. The molecule has 64 heavy (non-hydrogen) atoms. The molecule has 0 saturated carbocycles. The van der Waals surface area contributed by atoms with Crippen molar-refractivity contribution in [2.75, 3.05) is 4.90 Å². The number of para-hydroxylation sites is 4. The zero-order valence-electron chi connectivity index (χ0n) is 35.6. The first-order valence-electron chi connectivity index (χ1n) is 21.9. The van der Waals surface area contributed by atoms with Gasteiger partial charge >= 0.3 is 0 Å². The fourth-order valence-corrected chi connectivity index (χ4v) is 9.25. The van der Waals surface area contributed by atoms with Gasteiger partial charge in [0, 0.05) is 50.0 Å². The van der Waals surface area contributed by atoms with Gasteiger partial charge in [0.2, 0.25) is 0 Å². The van der Waals surface area contributed by atoms with Crippen molar-refractivity contribution >= 4 is 60.7 Å². The molecule has 0 aliphatic heterocycles. The summed E-state index contributed by atoms with van der Waals surface area (Å²) in [5.74, 6) is 0. The smallest absolute Gasteiger partial charge is 0.0641 e. The Hall–Kier alpha value is -8.40. The molecule has 12 rings (SSSR count). The molecular formula is C61H45N3. The number of rotatable bonds is 7. The number of hydrogen-bond acceptors (Lipinski definition) is 1. The van der Waals surface area contributed by atoms with E-state index in [9.17, 15) is 0 Å². The van der Waals surface area contributed by atoms with E-state index in [4.69, 9.17) is 0 Å². The molecule has 12 aromatic rings. The van der Waals surface area contributed by atoms with Crippen LogP contribution in [-0.4, -0.2) is 9.13 Å². The molecular weight excluding hydrogens is 775 g/mol. The molecule has 0 bridgehead atoms. The van der Waals surface area contributed by atoms with Crippen molar-refractivity contribution < 1.29 is 0 Å². The van der Waals surface area contributed by atoms with Crippen molar-refractivity contribution in [2.45, 2.75) is 6.92 Å². The van der Waals surface area contributed by atoms with Crippen molar-refractivity contribution in [2.24, 2.45) is 0 Å². The van der Waals surface area contributed by atoms with Gasteiger partial charge < -0.3 is 14.0 Å². The van der Waals surface area contributed by atoms with Gasteiger partial charge in [-0.1, -0.05) is 181 Å². The molecule has 0 amide bonds. The third-order valence-corrected chi connectivity index (χ3v) is 12.2. The normalized spacial score (nSPS) is 11.2. The van der Waals surface area contributed by atoms with Crippen molar-refractivity contribution in [3.63, 3.8) is 0 Å². The SMILES string of the molecule is Cc1ccccc1.c1ccc(-c2ccc(N(c3ccccc3)c3ccc(-c4cccc(-n5c6ccccc6c6ccc7c(c8ccccc8n7-c7ccccc7)c65)c4)cc3)cc2)cc1. The Morgan fingerprint density at radius 3 is 1.39 bits per heavy atom. The minimum atomic E-state index is 1.10. The number of fused-ring (bicyclic) bond motifs is 7. The van der Waals surface area contributed by atoms with E-state index in [0.29, 0.717) is 0 Å². The van der Waals surface area contributed by atoms with Crippen molar-refractivity contribution in [1.29, 1.82) is 0 Å². The largest absolute Gasteiger partial charge is 0.311 e. The molecule has 0 unspecified atom stereocenters. The van der Waals surface area contributed by atoms with Crippen LogP contribution in [0.5, 0.6) is 0 Å². The molecule has 0 spiro atoms. The van der Waals surface area contributed by atoms with E-state index in [2.05, 4.69) is 258 Å². The van der Waals surface area contributed by atoms with Gasteiger partial charge in [0.15, 0.2) is 0 Å². The van der Waals surface area contributed by atoms with Crippen LogP contribution in [0.1, 0.15) is 5.56 Å². The molecule has 304 valence electrons. The predicted molar refractivity (Wildman–Crippen MR) is 272 cm³/mol. The number of aromatic nitrogens is 2. The summed E-state index contributed by atoms with van der Waals surface area (Å²) in [6.45, 7) is 2.08. The number of nitrogens with zero attached hydrogens (tertiary/aromatic N) is 3. The zero-order valence-corrected chi connectivity index (χ0v) is 35.6. The second-order valence-electron chi connectivity index (χ2n) is 16.2. The molecule has 10 aromatic carbocycles. The Morgan fingerprint density at radius 2 is 0.766 bits per heavy atom. The Bertz CT molecular complexity index is 3520. The highest BCUT2D eigenvalue weighted by molar-refractivity contribution is 6.26. The molecule has 0 fully saturated rings. The lowest BCUT2D eigenvalue weighted by Crippen LogP contribution is -2.09. The molecule has 2 aromatic heterocycles. The van der Waals surface area contributed by atoms with Crippen LogP contribution in [0.25, 0.3) is 77.2 Å². The van der Waals surface area contributed by atoms with Crippen LogP contribution in [0.15, 0.2) is 255 Å². The van der Waals surface area contributed by atoms with Crippen molar-refractivity contribution in [1.82, 2.24) is 9.13 Å². The van der Waals surface area contributed by atoms with Gasteiger partial charge in [0.1, 0.15) is 0 Å². The summed E-state index contributed by atoms with van der Waals surface area (Å²) in [6, 6.07) is 91.2. The van der Waals surface area contributed by atoms with Crippen LogP contribution in [0.4, 0.5) is 17.1 Å². The first kappa shape index (κ1) is 38.5. The summed E-state index contributed by atoms with van der Waals surface area (Å²) in [5, 5.41) is 5.01. The van der Waals surface area contributed by atoms with Gasteiger partial charge in [-0.15, -0.1) is 0 Å². The van der Waals surface area contributed by atoms with Crippen LogP contribution in [0.2, 0.25) is 0 Å². The van der Waals surface area contributed by atoms with E-state index in [1.807, 2.05) is 18.2 Å². The lowest BCUT2D eigenvalue weighted by Gasteiger charge is -2.26. The van der Waals surface area contributed by atoms with E-state index in [1.54, 1.807) is 0 Å². The predicted octanol–water partition coefficient (Wildman–Crippen LogP) is 16.7. The monoisotopic (exact) mass is 819 g/mol. The summed E-state index contributed by atoms with van der Waals surface area (Å²) < 4.78 is 4.88. The van der Waals surface area contributed by atoms with Crippen LogP contribution >= 0.6 is 0 Å². The quantitative estimate of drug-likeness (QED) is 0.156. The van der Waals surface area contributed by atoms with E-state index in [1.165, 1.54) is 71.4 Å². The molecule has 0 N–H and O–H groups in total. The topological polar surface area (TPSA) is 13.1 Å². The minimum absolute atomic E-state index is 1.10. The first-order chi connectivity index (χ1) is 31.7. The Balaban J connectivity index is 0.000000598. The highest BCUT2D eigenvalue weighted by Crippen LogP contribution is 2.43. The fraction of sp³-hybridized carbons (Fsp3) is 0.0164. The maximum atomic E-state index is 2.48. The van der Waals surface area contributed by atoms with Crippen LogP contribution in [0, 0.1) is 6.92 Å². The molecule has 3 nitrogen and oxygen atoms in total. The second kappa shape index (κ2) is 16.8. The lowest BCUT2D eigenvalue weighted by atomic mass is 10.0. The standard InChI is InChI=1S/C54H37N3.C7H8/c1-4-15-38(16-5-1)39-27-31-44(32-28-39)55(42-18-6-2-7-19-42)45-33-29-40(30-34-45)41-17-14-22-46(37-41)57-50-25-12-10-23-47(50)48-35-36-52-53(54(48)57)49-24-11-13-26-51(49)56(52)43-20-8-3-9-21-43;1-7-5-3-2-4-6-7/h1-37H;2-6H,1H3. The molecule has 0 atom stereocenters. The number of anilines is 3. The van der Waals surface area contributed by atoms with Gasteiger partial charge in [-0.3, -0.25) is 0 Å². The first-order valence-corrected chi connectivity index (χ1v) is 21.9. The van der Waals surface area contributed by atoms with Crippen LogP contribution in [-0.2, 0) is 0 Å². The van der Waals surface area contributed by atoms with Gasteiger partial charge in [-0.25, -0.2) is 0 Å². The van der Waals surface area contributed by atoms with Crippen molar-refractivity contribution in [3.8, 4) is 33.6 Å². The number of benzene rings is 10. The van der Waals surface area contributed by atoms with E-state index >= 15 is 0 Å². The van der Waals surface area contributed by atoms with Gasteiger partial charge in [-0.05, 0) is 108 Å². The van der Waals surface area contributed by atoms with Crippen LogP contribution < -0.4 is 4.90 Å². The molecule has 0 radical (unpaired) electrons. The molecule has 0 aliphatic carbocycles. The Labute approximate surface area is 374 Å². The average Bonchev–Trinajstić information content (AvgIpc) is 3.89. The molecule has 2 heterocycles. The summed E-state index contributed by atoms with van der Waals surface area (Å²) in [7, 11) is 0. The molecule has 0 aliphatic rings. The van der Waals surface area contributed by atoms with Crippen molar-refractivity contribution in [3.05, 3.63) is 260 Å². The minimum Gasteiger partial charge on any atom is -0.311 e. The Morgan fingerprint density at radius 1 is 0.297 bits per heavy atom. The zero-order chi connectivity index (χ0) is 42.8. The van der Waals surface area contributed by atoms with Gasteiger partial charge in [0.25, 0.3) is 0 Å². The van der Waals surface area contributed by atoms with Gasteiger partial charge in [0.05, 0.1) is 22.1 Å². The number of aryl methyl sites for hydroxylation is 1. The highest BCUT2D eigenvalue weighted by Gasteiger charge is 2.21. The third-order valence-electron chi connectivity index (χ3n) is 12.2. The Kier molecular flexibility index (Phi) is 10.1. The summed E-state index contributed by atoms with van der Waals surface area (Å²) in [4.78, 5) is 2.32.